The molecule has 0 bridgehead atoms. The van der Waals surface area contributed by atoms with Gasteiger partial charge in [0.2, 0.25) is 10.0 Å². The van der Waals surface area contributed by atoms with Gasteiger partial charge in [-0.3, -0.25) is 0 Å². The average molecular weight is 413 g/mol. The van der Waals surface area contributed by atoms with E-state index in [4.69, 9.17) is 21.1 Å². The molecule has 0 radical (unpaired) electrons. The van der Waals surface area contributed by atoms with Crippen LogP contribution in [0.5, 0.6) is 5.75 Å². The van der Waals surface area contributed by atoms with Gasteiger partial charge in [0.25, 0.3) is 0 Å². The second-order valence-electron chi connectivity index (χ2n) is 6.84. The third kappa shape index (κ3) is 4.60. The Balaban J connectivity index is 1.36. The molecule has 10 heteroatoms. The van der Waals surface area contributed by atoms with Gasteiger partial charge < -0.3 is 9.47 Å². The van der Waals surface area contributed by atoms with Gasteiger partial charge in [-0.2, -0.15) is 5.10 Å². The Morgan fingerprint density at radius 3 is 2.81 bits per heavy atom. The van der Waals surface area contributed by atoms with E-state index in [1.54, 1.807) is 35.3 Å². The molecule has 2 atom stereocenters. The number of sulfonamides is 1. The molecule has 2 aromatic heterocycles. The maximum Gasteiger partial charge on any atom is 0.214 e. The predicted molar refractivity (Wildman–Crippen MR) is 99.7 cm³/mol. The number of rotatable bonds is 7. The van der Waals surface area contributed by atoms with Crippen LogP contribution < -0.4 is 9.46 Å². The summed E-state index contributed by atoms with van der Waals surface area (Å²) in [5.41, 5.74) is 0. The van der Waals surface area contributed by atoms with Gasteiger partial charge in [0.15, 0.2) is 11.0 Å². The summed E-state index contributed by atoms with van der Waals surface area (Å²) in [7, 11) is -3.23. The maximum absolute atomic E-state index is 12.2. The zero-order valence-corrected chi connectivity index (χ0v) is 16.2. The van der Waals surface area contributed by atoms with E-state index in [-0.39, 0.29) is 17.2 Å². The summed E-state index contributed by atoms with van der Waals surface area (Å²) in [4.78, 5) is 4.31. The van der Waals surface area contributed by atoms with Gasteiger partial charge in [0.1, 0.15) is 5.75 Å². The van der Waals surface area contributed by atoms with Crippen LogP contribution in [0.4, 0.5) is 0 Å². The lowest BCUT2D eigenvalue weighted by atomic mass is 9.98. The zero-order chi connectivity index (χ0) is 18.9. The van der Waals surface area contributed by atoms with E-state index in [2.05, 4.69) is 14.8 Å². The predicted octanol–water partition coefficient (Wildman–Crippen LogP) is 1.79. The third-order valence-corrected chi connectivity index (χ3v) is 6.91. The van der Waals surface area contributed by atoms with Crippen molar-refractivity contribution >= 4 is 21.6 Å². The number of ether oxygens (including phenoxy) is 2. The van der Waals surface area contributed by atoms with Crippen molar-refractivity contribution in [2.75, 3.05) is 19.8 Å². The van der Waals surface area contributed by atoms with Crippen molar-refractivity contribution in [1.82, 2.24) is 19.5 Å². The lowest BCUT2D eigenvalue weighted by Gasteiger charge is -2.31. The minimum Gasteiger partial charge on any atom is -0.492 e. The van der Waals surface area contributed by atoms with E-state index in [0.29, 0.717) is 43.0 Å². The molecular weight excluding hydrogens is 392 g/mol. The van der Waals surface area contributed by atoms with Crippen LogP contribution in [-0.4, -0.2) is 54.3 Å². The Hall–Kier alpha value is -1.68. The van der Waals surface area contributed by atoms with Gasteiger partial charge in [-0.25, -0.2) is 22.8 Å². The molecule has 146 valence electrons. The molecule has 1 N–H and O–H groups in total. The Labute approximate surface area is 162 Å². The normalized spacial score (nSPS) is 23.3. The van der Waals surface area contributed by atoms with Crippen molar-refractivity contribution in [2.24, 2.45) is 5.92 Å². The van der Waals surface area contributed by atoms with E-state index in [9.17, 15) is 8.42 Å². The average Bonchev–Trinajstić information content (AvgIpc) is 3.44. The minimum absolute atomic E-state index is 0.0446. The number of hydrogen-bond donors (Lipinski definition) is 1. The van der Waals surface area contributed by atoms with Gasteiger partial charge in [-0.1, -0.05) is 11.6 Å². The number of nitrogens with one attached hydrogen (secondary N) is 1. The van der Waals surface area contributed by atoms with Crippen LogP contribution >= 0.6 is 11.6 Å². The molecule has 1 aliphatic heterocycles. The monoisotopic (exact) mass is 412 g/mol. The summed E-state index contributed by atoms with van der Waals surface area (Å²) in [6, 6.07) is 5.09. The maximum atomic E-state index is 12.2. The Morgan fingerprint density at radius 2 is 2.15 bits per heavy atom. The second-order valence-corrected chi connectivity index (χ2v) is 9.22. The zero-order valence-electron chi connectivity index (χ0n) is 14.6. The van der Waals surface area contributed by atoms with Crippen molar-refractivity contribution in [3.05, 3.63) is 35.7 Å². The number of halogens is 1. The fourth-order valence-corrected chi connectivity index (χ4v) is 4.85. The van der Waals surface area contributed by atoms with Crippen LogP contribution in [0.3, 0.4) is 0 Å². The van der Waals surface area contributed by atoms with Gasteiger partial charge in [0, 0.05) is 24.8 Å². The summed E-state index contributed by atoms with van der Waals surface area (Å²) in [5.74, 6) is 1.19. The lowest BCUT2D eigenvalue weighted by Crippen LogP contribution is -2.48. The van der Waals surface area contributed by atoms with Crippen LogP contribution in [0.25, 0.3) is 5.82 Å². The molecule has 8 nitrogen and oxygen atoms in total. The summed E-state index contributed by atoms with van der Waals surface area (Å²) in [6.45, 7) is 1.37. The number of nitrogens with zero attached hydrogens (tertiary/aromatic N) is 3. The molecule has 1 saturated carbocycles. The first-order chi connectivity index (χ1) is 13.0. The Kier molecular flexibility index (Phi) is 5.36. The first-order valence-electron chi connectivity index (χ1n) is 8.90. The highest BCUT2D eigenvalue weighted by Crippen LogP contribution is 2.29. The minimum atomic E-state index is -3.23. The molecule has 0 unspecified atom stereocenters. The molecular formula is C17H21ClN4O4S. The van der Waals surface area contributed by atoms with Gasteiger partial charge in [-0.05, 0) is 37.5 Å². The van der Waals surface area contributed by atoms with E-state index in [0.717, 1.165) is 12.8 Å². The molecule has 2 aromatic rings. The highest BCUT2D eigenvalue weighted by molar-refractivity contribution is 7.90. The molecule has 2 fully saturated rings. The van der Waals surface area contributed by atoms with Gasteiger partial charge >= 0.3 is 0 Å². The van der Waals surface area contributed by atoms with Crippen molar-refractivity contribution in [3.8, 4) is 11.6 Å². The van der Waals surface area contributed by atoms with Crippen LogP contribution in [0.15, 0.2) is 30.6 Å². The van der Waals surface area contributed by atoms with E-state index in [1.807, 2.05) is 0 Å². The highest BCUT2D eigenvalue weighted by Gasteiger charge is 2.39. The number of pyridine rings is 1. The van der Waals surface area contributed by atoms with Crippen molar-refractivity contribution < 1.29 is 17.9 Å². The summed E-state index contributed by atoms with van der Waals surface area (Å²) in [5, 5.41) is 4.26. The summed E-state index contributed by atoms with van der Waals surface area (Å²) >= 11 is 5.82. The molecule has 0 aromatic carbocycles. The third-order valence-electron chi connectivity index (χ3n) is 4.73. The molecule has 1 aliphatic carbocycles. The quantitative estimate of drug-likeness (QED) is 0.744. The first kappa shape index (κ1) is 18.7. The van der Waals surface area contributed by atoms with Crippen molar-refractivity contribution in [3.63, 3.8) is 0 Å². The van der Waals surface area contributed by atoms with Crippen LogP contribution in [-0.2, 0) is 14.8 Å². The molecule has 0 spiro atoms. The highest BCUT2D eigenvalue weighted by atomic mass is 35.5. The number of aromatic nitrogens is 3. The van der Waals surface area contributed by atoms with E-state index >= 15 is 0 Å². The van der Waals surface area contributed by atoms with Crippen molar-refractivity contribution in [2.45, 2.75) is 30.6 Å². The second kappa shape index (κ2) is 7.75. The first-order valence-corrected chi connectivity index (χ1v) is 10.8. The van der Waals surface area contributed by atoms with Crippen LogP contribution in [0.2, 0.25) is 5.15 Å². The van der Waals surface area contributed by atoms with Crippen LogP contribution in [0, 0.1) is 5.92 Å². The van der Waals surface area contributed by atoms with Gasteiger partial charge in [0.05, 0.1) is 24.7 Å². The van der Waals surface area contributed by atoms with E-state index in [1.165, 1.54) is 0 Å². The SMILES string of the molecule is O=S(=O)(N[C@H]1CCOC[C@@H]1COc1ccc(-n2ccc(Cl)n2)nc1)C1CC1. The molecule has 4 rings (SSSR count). The molecule has 2 aliphatic rings. The number of hydrogen-bond acceptors (Lipinski definition) is 6. The summed E-state index contributed by atoms with van der Waals surface area (Å²) < 4.78 is 40.2. The van der Waals surface area contributed by atoms with E-state index < -0.39 is 10.0 Å². The largest absolute Gasteiger partial charge is 0.492 e. The molecule has 0 amide bonds. The summed E-state index contributed by atoms with van der Waals surface area (Å²) in [6.07, 6.45) is 5.48. The van der Waals surface area contributed by atoms with Crippen molar-refractivity contribution in [1.29, 1.82) is 0 Å². The lowest BCUT2D eigenvalue weighted by molar-refractivity contribution is 0.0186. The standard InChI is InChI=1S/C17H21ClN4O4S/c18-16-5-7-22(20-16)17-4-1-13(9-19-17)26-11-12-10-25-8-6-15(12)21-27(23,24)14-2-3-14/h1,4-5,7,9,12,14-15,21H,2-3,6,8,10-11H2/t12-,15+/m1/s1. The smallest absolute Gasteiger partial charge is 0.214 e. The molecule has 3 heterocycles. The topological polar surface area (TPSA) is 95.3 Å². The fraction of sp³-hybridized carbons (Fsp3) is 0.529. The molecule has 27 heavy (non-hydrogen) atoms. The van der Waals surface area contributed by atoms with Gasteiger partial charge in [-0.15, -0.1) is 0 Å². The Morgan fingerprint density at radius 1 is 1.30 bits per heavy atom. The molecule has 1 saturated heterocycles. The fourth-order valence-electron chi connectivity index (χ4n) is 3.03. The Bertz CT molecular complexity index is 883. The van der Waals surface area contributed by atoms with Crippen LogP contribution in [0.1, 0.15) is 19.3 Å².